The van der Waals surface area contributed by atoms with Crippen LogP contribution in [0.15, 0.2) is 57.9 Å². The number of esters is 1. The maximum atomic E-state index is 11.9. The van der Waals surface area contributed by atoms with Gasteiger partial charge < -0.3 is 9.47 Å². The van der Waals surface area contributed by atoms with Crippen LogP contribution in [0.1, 0.15) is 10.4 Å². The second-order valence-corrected chi connectivity index (χ2v) is 6.97. The molecule has 2 amide bonds. The number of nitrogens with one attached hydrogen (secondary N) is 1. The second kappa shape index (κ2) is 9.98. The fourth-order valence-corrected chi connectivity index (χ4v) is 2.80. The lowest BCUT2D eigenvalue weighted by molar-refractivity contribution is -0.145. The molecule has 1 N–H and O–H groups in total. The van der Waals surface area contributed by atoms with Crippen LogP contribution in [0.5, 0.6) is 5.75 Å². The predicted octanol–water partition coefficient (Wildman–Crippen LogP) is 3.05. The van der Waals surface area contributed by atoms with E-state index in [1.807, 2.05) is 24.3 Å². The normalized spacial score (nSPS) is 10.1. The van der Waals surface area contributed by atoms with Gasteiger partial charge >= 0.3 is 5.97 Å². The SMILES string of the molecule is COc1ccc(C(=O)NC(=O)COC(=O)CSc2ccc(Br)cc2)cc1. The van der Waals surface area contributed by atoms with Crippen LogP contribution in [0, 0.1) is 0 Å². The van der Waals surface area contributed by atoms with Gasteiger partial charge in [0.05, 0.1) is 12.9 Å². The van der Waals surface area contributed by atoms with E-state index in [9.17, 15) is 14.4 Å². The number of amides is 2. The molecule has 0 atom stereocenters. The molecule has 2 aromatic carbocycles. The number of rotatable bonds is 7. The molecule has 0 spiro atoms. The van der Waals surface area contributed by atoms with E-state index < -0.39 is 24.4 Å². The molecule has 0 aliphatic carbocycles. The van der Waals surface area contributed by atoms with E-state index in [1.165, 1.54) is 31.0 Å². The van der Waals surface area contributed by atoms with Gasteiger partial charge in [0.2, 0.25) is 0 Å². The van der Waals surface area contributed by atoms with Gasteiger partial charge in [-0.3, -0.25) is 19.7 Å². The van der Waals surface area contributed by atoms with Crippen molar-refractivity contribution in [1.29, 1.82) is 0 Å². The monoisotopic (exact) mass is 437 g/mol. The Morgan fingerprint density at radius 1 is 1.04 bits per heavy atom. The summed E-state index contributed by atoms with van der Waals surface area (Å²) < 4.78 is 10.8. The fraction of sp³-hybridized carbons (Fsp3) is 0.167. The first-order valence-corrected chi connectivity index (χ1v) is 9.28. The zero-order valence-corrected chi connectivity index (χ0v) is 16.3. The Bertz CT molecular complexity index is 777. The molecule has 8 heteroatoms. The molecular weight excluding hydrogens is 422 g/mol. The minimum Gasteiger partial charge on any atom is -0.497 e. The number of carbonyl (C=O) groups is 3. The van der Waals surface area contributed by atoms with Gasteiger partial charge in [0, 0.05) is 14.9 Å². The highest BCUT2D eigenvalue weighted by Gasteiger charge is 2.13. The third-order valence-electron chi connectivity index (χ3n) is 3.14. The molecule has 0 unspecified atom stereocenters. The molecular formula is C18H16BrNO5S. The van der Waals surface area contributed by atoms with Crippen molar-refractivity contribution in [2.24, 2.45) is 0 Å². The van der Waals surface area contributed by atoms with Crippen molar-refractivity contribution in [3.63, 3.8) is 0 Å². The van der Waals surface area contributed by atoms with E-state index in [2.05, 4.69) is 21.2 Å². The van der Waals surface area contributed by atoms with Gasteiger partial charge in [0.15, 0.2) is 6.61 Å². The van der Waals surface area contributed by atoms with Crippen LogP contribution in [0.3, 0.4) is 0 Å². The molecule has 2 rings (SSSR count). The van der Waals surface area contributed by atoms with Gasteiger partial charge in [0.1, 0.15) is 5.75 Å². The van der Waals surface area contributed by atoms with Crippen molar-refractivity contribution < 1.29 is 23.9 Å². The molecule has 0 aliphatic heterocycles. The lowest BCUT2D eigenvalue weighted by Gasteiger charge is -2.06. The molecule has 0 aromatic heterocycles. The van der Waals surface area contributed by atoms with E-state index in [0.29, 0.717) is 11.3 Å². The average molecular weight is 438 g/mol. The maximum absolute atomic E-state index is 11.9. The number of thioether (sulfide) groups is 1. The van der Waals surface area contributed by atoms with Gasteiger partial charge in [-0.2, -0.15) is 0 Å². The van der Waals surface area contributed by atoms with E-state index in [0.717, 1.165) is 9.37 Å². The van der Waals surface area contributed by atoms with Crippen molar-refractivity contribution in [2.75, 3.05) is 19.5 Å². The predicted molar refractivity (Wildman–Crippen MR) is 101 cm³/mol. The summed E-state index contributed by atoms with van der Waals surface area (Å²) in [5, 5.41) is 2.16. The van der Waals surface area contributed by atoms with Crippen LogP contribution in [0.4, 0.5) is 0 Å². The number of methoxy groups -OCH3 is 1. The van der Waals surface area contributed by atoms with E-state index in [-0.39, 0.29) is 5.75 Å². The van der Waals surface area contributed by atoms with Crippen molar-refractivity contribution in [3.8, 4) is 5.75 Å². The summed E-state index contributed by atoms with van der Waals surface area (Å²) >= 11 is 4.63. The Balaban J connectivity index is 1.72. The van der Waals surface area contributed by atoms with Crippen molar-refractivity contribution in [3.05, 3.63) is 58.6 Å². The average Bonchev–Trinajstić information content (AvgIpc) is 2.66. The standard InChI is InChI=1S/C18H16BrNO5S/c1-24-14-6-2-12(3-7-14)18(23)20-16(21)10-25-17(22)11-26-15-8-4-13(19)5-9-15/h2-9H,10-11H2,1H3,(H,20,21,23). The first-order chi connectivity index (χ1) is 12.5. The molecule has 0 saturated carbocycles. The molecule has 0 radical (unpaired) electrons. The summed E-state index contributed by atoms with van der Waals surface area (Å²) in [6.07, 6.45) is 0. The molecule has 0 heterocycles. The summed E-state index contributed by atoms with van der Waals surface area (Å²) in [7, 11) is 1.52. The molecule has 2 aromatic rings. The highest BCUT2D eigenvalue weighted by molar-refractivity contribution is 9.10. The van der Waals surface area contributed by atoms with Crippen LogP contribution >= 0.6 is 27.7 Å². The summed E-state index contributed by atoms with van der Waals surface area (Å²) in [5.41, 5.74) is 0.302. The number of ether oxygens (including phenoxy) is 2. The zero-order valence-electron chi connectivity index (χ0n) is 13.9. The lowest BCUT2D eigenvalue weighted by Crippen LogP contribution is -2.34. The van der Waals surface area contributed by atoms with E-state index >= 15 is 0 Å². The first kappa shape index (κ1) is 20.0. The lowest BCUT2D eigenvalue weighted by atomic mass is 10.2. The molecule has 6 nitrogen and oxygen atoms in total. The Kier molecular flexibility index (Phi) is 7.68. The third-order valence-corrected chi connectivity index (χ3v) is 4.65. The van der Waals surface area contributed by atoms with Crippen LogP contribution < -0.4 is 10.1 Å². The highest BCUT2D eigenvalue weighted by atomic mass is 79.9. The number of imide groups is 1. The molecule has 0 fully saturated rings. The number of halogens is 1. The summed E-state index contributed by atoms with van der Waals surface area (Å²) in [5.74, 6) is -1.12. The van der Waals surface area contributed by atoms with Crippen LogP contribution in [-0.4, -0.2) is 37.3 Å². The summed E-state index contributed by atoms with van der Waals surface area (Å²) in [6.45, 7) is -0.512. The fourth-order valence-electron chi connectivity index (χ4n) is 1.84. The summed E-state index contributed by atoms with van der Waals surface area (Å²) in [4.78, 5) is 36.2. The van der Waals surface area contributed by atoms with Crippen LogP contribution in [0.2, 0.25) is 0 Å². The minimum atomic E-state index is -0.687. The number of benzene rings is 2. The zero-order chi connectivity index (χ0) is 18.9. The van der Waals surface area contributed by atoms with Gasteiger partial charge in [-0.15, -0.1) is 11.8 Å². The molecule has 0 bridgehead atoms. The Morgan fingerprint density at radius 3 is 2.31 bits per heavy atom. The Labute approximate surface area is 163 Å². The van der Waals surface area contributed by atoms with Gasteiger partial charge in [0.25, 0.3) is 11.8 Å². The third kappa shape index (κ3) is 6.53. The largest absolute Gasteiger partial charge is 0.497 e. The van der Waals surface area contributed by atoms with Gasteiger partial charge in [-0.1, -0.05) is 15.9 Å². The van der Waals surface area contributed by atoms with Crippen LogP contribution in [-0.2, 0) is 14.3 Å². The quantitative estimate of drug-likeness (QED) is 0.529. The smallest absolute Gasteiger partial charge is 0.316 e. The summed E-state index contributed by atoms with van der Waals surface area (Å²) in [6, 6.07) is 13.7. The Hall–Kier alpha value is -2.32. The van der Waals surface area contributed by atoms with E-state index in [4.69, 9.17) is 9.47 Å². The number of hydrogen-bond acceptors (Lipinski definition) is 6. The first-order valence-electron chi connectivity index (χ1n) is 7.50. The molecule has 0 saturated heterocycles. The van der Waals surface area contributed by atoms with Gasteiger partial charge in [-0.05, 0) is 48.5 Å². The highest BCUT2D eigenvalue weighted by Crippen LogP contribution is 2.20. The van der Waals surface area contributed by atoms with Crippen molar-refractivity contribution in [1.82, 2.24) is 5.32 Å². The minimum absolute atomic E-state index is 0.0708. The van der Waals surface area contributed by atoms with Gasteiger partial charge in [-0.25, -0.2) is 0 Å². The topological polar surface area (TPSA) is 81.7 Å². The molecule has 26 heavy (non-hydrogen) atoms. The molecule has 0 aliphatic rings. The number of hydrogen-bond donors (Lipinski definition) is 1. The second-order valence-electron chi connectivity index (χ2n) is 5.01. The number of carbonyl (C=O) groups excluding carboxylic acids is 3. The van der Waals surface area contributed by atoms with Crippen molar-refractivity contribution >= 4 is 45.5 Å². The molecule has 136 valence electrons. The van der Waals surface area contributed by atoms with Crippen LogP contribution in [0.25, 0.3) is 0 Å². The Morgan fingerprint density at radius 2 is 1.69 bits per heavy atom. The maximum Gasteiger partial charge on any atom is 0.316 e. The van der Waals surface area contributed by atoms with E-state index in [1.54, 1.807) is 12.1 Å². The van der Waals surface area contributed by atoms with Crippen molar-refractivity contribution in [2.45, 2.75) is 4.90 Å².